The third-order valence-corrected chi connectivity index (χ3v) is 4.21. The molecule has 1 N–H and O–H groups in total. The molecule has 1 heterocycles. The Hall–Kier alpha value is -1.95. The van der Waals surface area contributed by atoms with E-state index in [2.05, 4.69) is 5.32 Å². The molecule has 2 rings (SSSR count). The van der Waals surface area contributed by atoms with Crippen molar-refractivity contribution in [2.75, 3.05) is 32.2 Å². The predicted molar refractivity (Wildman–Crippen MR) is 96.2 cm³/mol. The van der Waals surface area contributed by atoms with Gasteiger partial charge in [-0.3, -0.25) is 9.59 Å². The van der Waals surface area contributed by atoms with Crippen LogP contribution in [0, 0.1) is 0 Å². The van der Waals surface area contributed by atoms with Crippen molar-refractivity contribution >= 4 is 23.4 Å². The molecule has 1 aliphatic heterocycles. The lowest BCUT2D eigenvalue weighted by Gasteiger charge is -2.32. The number of nitrogens with zero attached hydrogens (tertiary/aromatic N) is 1. The molecule has 0 unspecified atom stereocenters. The summed E-state index contributed by atoms with van der Waals surface area (Å²) in [6.45, 7) is 3.81. The molecule has 138 valence electrons. The van der Waals surface area contributed by atoms with Crippen LogP contribution in [-0.4, -0.2) is 54.9 Å². The van der Waals surface area contributed by atoms with E-state index < -0.39 is 0 Å². The van der Waals surface area contributed by atoms with Gasteiger partial charge >= 0.3 is 0 Å². The minimum absolute atomic E-state index is 0.0284. The van der Waals surface area contributed by atoms with Gasteiger partial charge in [-0.15, -0.1) is 11.6 Å². The molecule has 1 aliphatic rings. The molecule has 0 aliphatic carbocycles. The van der Waals surface area contributed by atoms with Gasteiger partial charge in [0, 0.05) is 31.4 Å². The lowest BCUT2D eigenvalue weighted by Crippen LogP contribution is -2.47. The molecule has 2 amide bonds. The molecule has 1 saturated heterocycles. The first-order valence-electron chi connectivity index (χ1n) is 8.61. The number of benzene rings is 1. The minimum atomic E-state index is -0.153. The second kappa shape index (κ2) is 10.1. The maximum Gasteiger partial charge on any atom is 0.258 e. The molecule has 7 heteroatoms. The van der Waals surface area contributed by atoms with E-state index in [0.29, 0.717) is 37.7 Å². The molecule has 0 spiro atoms. The van der Waals surface area contributed by atoms with E-state index in [-0.39, 0.29) is 24.5 Å². The Morgan fingerprint density at radius 1 is 1.16 bits per heavy atom. The molecule has 6 nitrogen and oxygen atoms in total. The van der Waals surface area contributed by atoms with Crippen molar-refractivity contribution in [3.8, 4) is 11.5 Å². The summed E-state index contributed by atoms with van der Waals surface area (Å²) in [5, 5.41) is 2.96. The average Bonchev–Trinajstić information content (AvgIpc) is 2.62. The lowest BCUT2D eigenvalue weighted by molar-refractivity contribution is -0.132. The number of likely N-dealkylation sites (tertiary alicyclic amines) is 1. The molecule has 1 aromatic rings. The minimum Gasteiger partial charge on any atom is -0.494 e. The standard InChI is InChI=1S/C18H25ClN2O4/c1-2-24-15-3-5-16(6-4-15)25-13-17(22)20-14-8-11-21(12-9-14)18(23)7-10-19/h3-6,14H,2,7-13H2,1H3,(H,20,22). The van der Waals surface area contributed by atoms with Crippen LogP contribution >= 0.6 is 11.6 Å². The zero-order valence-corrected chi connectivity index (χ0v) is 15.3. The van der Waals surface area contributed by atoms with E-state index in [1.807, 2.05) is 24.0 Å². The first kappa shape index (κ1) is 19.4. The number of hydrogen-bond acceptors (Lipinski definition) is 4. The Morgan fingerprint density at radius 3 is 2.32 bits per heavy atom. The van der Waals surface area contributed by atoms with Crippen LogP contribution < -0.4 is 14.8 Å². The van der Waals surface area contributed by atoms with Gasteiger partial charge in [0.2, 0.25) is 5.91 Å². The van der Waals surface area contributed by atoms with Gasteiger partial charge in [0.25, 0.3) is 5.91 Å². The fraction of sp³-hybridized carbons (Fsp3) is 0.556. The molecule has 0 aromatic heterocycles. The van der Waals surface area contributed by atoms with Crippen molar-refractivity contribution in [3.63, 3.8) is 0 Å². The SMILES string of the molecule is CCOc1ccc(OCC(=O)NC2CCN(C(=O)CCCl)CC2)cc1. The smallest absolute Gasteiger partial charge is 0.258 e. The highest BCUT2D eigenvalue weighted by Crippen LogP contribution is 2.17. The second-order valence-electron chi connectivity index (χ2n) is 5.85. The third-order valence-electron chi connectivity index (χ3n) is 4.03. The van der Waals surface area contributed by atoms with Crippen molar-refractivity contribution in [1.82, 2.24) is 10.2 Å². The van der Waals surface area contributed by atoms with Crippen LogP contribution in [0.25, 0.3) is 0 Å². The number of piperidine rings is 1. The molecule has 0 atom stereocenters. The maximum absolute atomic E-state index is 12.0. The summed E-state index contributed by atoms with van der Waals surface area (Å²) >= 11 is 5.60. The number of carbonyl (C=O) groups excluding carboxylic acids is 2. The van der Waals surface area contributed by atoms with E-state index in [4.69, 9.17) is 21.1 Å². The van der Waals surface area contributed by atoms with Gasteiger partial charge in [0.15, 0.2) is 6.61 Å². The summed E-state index contributed by atoms with van der Waals surface area (Å²) in [6.07, 6.45) is 1.88. The molecule has 1 fully saturated rings. The van der Waals surface area contributed by atoms with Crippen molar-refractivity contribution in [2.45, 2.75) is 32.2 Å². The Balaban J connectivity index is 1.68. The van der Waals surface area contributed by atoms with Gasteiger partial charge in [-0.05, 0) is 44.0 Å². The highest BCUT2D eigenvalue weighted by atomic mass is 35.5. The number of amides is 2. The van der Waals surface area contributed by atoms with Crippen molar-refractivity contribution in [1.29, 1.82) is 0 Å². The Bertz CT molecular complexity index is 557. The normalized spacial score (nSPS) is 14.9. The molecule has 0 saturated carbocycles. The van der Waals surface area contributed by atoms with Crippen LogP contribution in [-0.2, 0) is 9.59 Å². The average molecular weight is 369 g/mol. The Morgan fingerprint density at radius 2 is 1.76 bits per heavy atom. The molecule has 0 radical (unpaired) electrons. The summed E-state index contributed by atoms with van der Waals surface area (Å²) < 4.78 is 10.8. The summed E-state index contributed by atoms with van der Waals surface area (Å²) in [7, 11) is 0. The number of nitrogens with one attached hydrogen (secondary N) is 1. The highest BCUT2D eigenvalue weighted by Gasteiger charge is 2.23. The van der Waals surface area contributed by atoms with Crippen LogP contribution in [0.2, 0.25) is 0 Å². The maximum atomic E-state index is 12.0. The molecular formula is C18H25ClN2O4. The molecule has 25 heavy (non-hydrogen) atoms. The van der Waals surface area contributed by atoms with E-state index in [9.17, 15) is 9.59 Å². The highest BCUT2D eigenvalue weighted by molar-refractivity contribution is 6.18. The van der Waals surface area contributed by atoms with Crippen molar-refractivity contribution in [2.24, 2.45) is 0 Å². The largest absolute Gasteiger partial charge is 0.494 e. The van der Waals surface area contributed by atoms with E-state index in [0.717, 1.165) is 18.6 Å². The van der Waals surface area contributed by atoms with Crippen molar-refractivity contribution < 1.29 is 19.1 Å². The van der Waals surface area contributed by atoms with Gasteiger partial charge in [-0.25, -0.2) is 0 Å². The van der Waals surface area contributed by atoms with Gasteiger partial charge in [-0.1, -0.05) is 0 Å². The summed E-state index contributed by atoms with van der Waals surface area (Å²) in [5.74, 6) is 1.67. The quantitative estimate of drug-likeness (QED) is 0.714. The van der Waals surface area contributed by atoms with Crippen LogP contribution in [0.3, 0.4) is 0 Å². The first-order chi connectivity index (χ1) is 12.1. The number of hydrogen-bond donors (Lipinski definition) is 1. The van der Waals surface area contributed by atoms with Crippen molar-refractivity contribution in [3.05, 3.63) is 24.3 Å². The van der Waals surface area contributed by atoms with E-state index in [1.165, 1.54) is 0 Å². The zero-order valence-electron chi connectivity index (χ0n) is 14.5. The van der Waals surface area contributed by atoms with Crippen LogP contribution in [0.4, 0.5) is 0 Å². The van der Waals surface area contributed by atoms with Gasteiger partial charge < -0.3 is 19.7 Å². The van der Waals surface area contributed by atoms with Crippen LogP contribution in [0.15, 0.2) is 24.3 Å². The topological polar surface area (TPSA) is 67.9 Å². The Kier molecular flexibility index (Phi) is 7.85. The predicted octanol–water partition coefficient (Wildman–Crippen LogP) is 2.20. The number of halogens is 1. The van der Waals surface area contributed by atoms with Gasteiger partial charge in [0.1, 0.15) is 11.5 Å². The molecular weight excluding hydrogens is 344 g/mol. The summed E-state index contributed by atoms with van der Waals surface area (Å²) in [4.78, 5) is 25.6. The van der Waals surface area contributed by atoms with Crippen LogP contribution in [0.1, 0.15) is 26.2 Å². The third kappa shape index (κ3) is 6.46. The molecule has 0 bridgehead atoms. The fourth-order valence-corrected chi connectivity index (χ4v) is 2.89. The second-order valence-corrected chi connectivity index (χ2v) is 6.23. The lowest BCUT2D eigenvalue weighted by atomic mass is 10.0. The zero-order chi connectivity index (χ0) is 18.1. The monoisotopic (exact) mass is 368 g/mol. The fourth-order valence-electron chi connectivity index (χ4n) is 2.73. The molecule has 1 aromatic carbocycles. The van der Waals surface area contributed by atoms with E-state index in [1.54, 1.807) is 12.1 Å². The number of alkyl halides is 1. The summed E-state index contributed by atoms with van der Waals surface area (Å²) in [5.41, 5.74) is 0. The number of ether oxygens (including phenoxy) is 2. The number of carbonyl (C=O) groups is 2. The number of rotatable bonds is 8. The van der Waals surface area contributed by atoms with Crippen LogP contribution in [0.5, 0.6) is 11.5 Å². The van der Waals surface area contributed by atoms with Gasteiger partial charge in [0.05, 0.1) is 6.61 Å². The first-order valence-corrected chi connectivity index (χ1v) is 9.14. The Labute approximate surface area is 153 Å². The van der Waals surface area contributed by atoms with E-state index >= 15 is 0 Å². The summed E-state index contributed by atoms with van der Waals surface area (Å²) in [6, 6.07) is 7.25. The van der Waals surface area contributed by atoms with Gasteiger partial charge in [-0.2, -0.15) is 0 Å².